The second-order valence-corrected chi connectivity index (χ2v) is 5.07. The highest BCUT2D eigenvalue weighted by Gasteiger charge is 2.07. The Labute approximate surface area is 111 Å². The number of aromatic nitrogens is 2. The van der Waals surface area contributed by atoms with Crippen molar-refractivity contribution in [3.63, 3.8) is 0 Å². The van der Waals surface area contributed by atoms with Crippen LogP contribution in [0.3, 0.4) is 0 Å². The van der Waals surface area contributed by atoms with Gasteiger partial charge < -0.3 is 10.2 Å². The van der Waals surface area contributed by atoms with Gasteiger partial charge in [-0.25, -0.2) is 9.97 Å². The van der Waals surface area contributed by atoms with Crippen LogP contribution < -0.4 is 5.32 Å². The van der Waals surface area contributed by atoms with Crippen LogP contribution in [0.15, 0.2) is 6.20 Å². The first-order chi connectivity index (χ1) is 8.54. The predicted molar refractivity (Wildman–Crippen MR) is 77.0 cm³/mol. The number of hydrogen-bond acceptors (Lipinski definition) is 4. The molecule has 18 heavy (non-hydrogen) atoms. The molecule has 0 aromatic carbocycles. The van der Waals surface area contributed by atoms with E-state index in [2.05, 4.69) is 48.1 Å². The molecule has 102 valence electrons. The Morgan fingerprint density at radius 1 is 1.39 bits per heavy atom. The van der Waals surface area contributed by atoms with Crippen LogP contribution in [0.4, 0.5) is 5.82 Å². The molecular formula is C14H26N4. The first-order valence-electron chi connectivity index (χ1n) is 6.77. The van der Waals surface area contributed by atoms with E-state index >= 15 is 0 Å². The topological polar surface area (TPSA) is 41.1 Å². The molecule has 1 rings (SSSR count). The molecule has 0 aliphatic rings. The molecule has 1 heterocycles. The molecule has 0 amide bonds. The fourth-order valence-electron chi connectivity index (χ4n) is 1.76. The third-order valence-corrected chi connectivity index (χ3v) is 3.24. The van der Waals surface area contributed by atoms with Crippen LogP contribution in [0.5, 0.6) is 0 Å². The molecular weight excluding hydrogens is 224 g/mol. The van der Waals surface area contributed by atoms with E-state index in [-0.39, 0.29) is 0 Å². The summed E-state index contributed by atoms with van der Waals surface area (Å²) in [6, 6.07) is 0.579. The number of nitrogens with one attached hydrogen (secondary N) is 1. The SMILES string of the molecule is CCCc1cnc(C)nc1NCCC(C)N(C)C. The summed E-state index contributed by atoms with van der Waals surface area (Å²) in [5.74, 6) is 1.84. The molecule has 0 bridgehead atoms. The molecule has 0 saturated carbocycles. The highest BCUT2D eigenvalue weighted by Crippen LogP contribution is 2.14. The van der Waals surface area contributed by atoms with Crippen molar-refractivity contribution in [3.05, 3.63) is 17.6 Å². The Balaban J connectivity index is 2.57. The first-order valence-corrected chi connectivity index (χ1v) is 6.77. The fraction of sp³-hybridized carbons (Fsp3) is 0.714. The van der Waals surface area contributed by atoms with Crippen LogP contribution in [-0.4, -0.2) is 41.5 Å². The quantitative estimate of drug-likeness (QED) is 0.807. The van der Waals surface area contributed by atoms with Crippen molar-refractivity contribution in [2.45, 2.75) is 46.1 Å². The Bertz CT molecular complexity index is 363. The highest BCUT2D eigenvalue weighted by atomic mass is 15.1. The summed E-state index contributed by atoms with van der Waals surface area (Å²) in [6.07, 6.45) is 5.21. The highest BCUT2D eigenvalue weighted by molar-refractivity contribution is 5.42. The second kappa shape index (κ2) is 7.31. The van der Waals surface area contributed by atoms with E-state index < -0.39 is 0 Å². The van der Waals surface area contributed by atoms with E-state index in [9.17, 15) is 0 Å². The van der Waals surface area contributed by atoms with Crippen molar-refractivity contribution < 1.29 is 0 Å². The molecule has 1 aromatic rings. The largest absolute Gasteiger partial charge is 0.370 e. The summed E-state index contributed by atoms with van der Waals surface area (Å²) in [4.78, 5) is 11.0. The van der Waals surface area contributed by atoms with Crippen LogP contribution in [0, 0.1) is 6.92 Å². The van der Waals surface area contributed by atoms with Crippen LogP contribution in [0.25, 0.3) is 0 Å². The molecule has 4 nitrogen and oxygen atoms in total. The molecule has 1 aromatic heterocycles. The number of nitrogens with zero attached hydrogens (tertiary/aromatic N) is 3. The van der Waals surface area contributed by atoms with Gasteiger partial charge in [-0.2, -0.15) is 0 Å². The van der Waals surface area contributed by atoms with E-state index in [0.29, 0.717) is 6.04 Å². The Kier molecular flexibility index (Phi) is 6.05. The van der Waals surface area contributed by atoms with Gasteiger partial charge in [0.15, 0.2) is 0 Å². The summed E-state index contributed by atoms with van der Waals surface area (Å²) in [5, 5.41) is 3.45. The molecule has 0 radical (unpaired) electrons. The van der Waals surface area contributed by atoms with Gasteiger partial charge in [-0.15, -0.1) is 0 Å². The molecule has 0 saturated heterocycles. The molecule has 0 aliphatic carbocycles. The van der Waals surface area contributed by atoms with E-state index in [4.69, 9.17) is 0 Å². The Hall–Kier alpha value is -1.16. The fourth-order valence-corrected chi connectivity index (χ4v) is 1.76. The van der Waals surface area contributed by atoms with Crippen molar-refractivity contribution in [2.24, 2.45) is 0 Å². The zero-order valence-electron chi connectivity index (χ0n) is 12.3. The van der Waals surface area contributed by atoms with Gasteiger partial charge in [0.2, 0.25) is 0 Å². The maximum Gasteiger partial charge on any atom is 0.132 e. The molecule has 1 unspecified atom stereocenters. The zero-order valence-corrected chi connectivity index (χ0v) is 12.3. The van der Waals surface area contributed by atoms with Gasteiger partial charge in [-0.05, 0) is 40.8 Å². The first kappa shape index (κ1) is 14.9. The Morgan fingerprint density at radius 3 is 2.72 bits per heavy atom. The maximum atomic E-state index is 4.50. The summed E-state index contributed by atoms with van der Waals surface area (Å²) in [5.41, 5.74) is 1.22. The van der Waals surface area contributed by atoms with Gasteiger partial charge in [-0.1, -0.05) is 13.3 Å². The Morgan fingerprint density at radius 2 is 2.11 bits per heavy atom. The smallest absolute Gasteiger partial charge is 0.132 e. The molecule has 0 aliphatic heterocycles. The van der Waals surface area contributed by atoms with Gasteiger partial charge in [0.05, 0.1) is 0 Å². The minimum absolute atomic E-state index is 0.579. The molecule has 1 N–H and O–H groups in total. The third kappa shape index (κ3) is 4.61. The van der Waals surface area contributed by atoms with E-state index in [0.717, 1.165) is 37.4 Å². The average molecular weight is 250 g/mol. The number of anilines is 1. The standard InChI is InChI=1S/C14H26N4/c1-6-7-13-10-16-12(3)17-14(13)15-9-8-11(2)18(4)5/h10-11H,6-9H2,1-5H3,(H,15,16,17). The van der Waals surface area contributed by atoms with Gasteiger partial charge in [-0.3, -0.25) is 0 Å². The zero-order chi connectivity index (χ0) is 13.5. The lowest BCUT2D eigenvalue weighted by atomic mass is 10.1. The summed E-state index contributed by atoms with van der Waals surface area (Å²) in [7, 11) is 4.23. The second-order valence-electron chi connectivity index (χ2n) is 5.07. The van der Waals surface area contributed by atoms with E-state index in [1.807, 2.05) is 13.1 Å². The van der Waals surface area contributed by atoms with Gasteiger partial charge in [0, 0.05) is 24.3 Å². The van der Waals surface area contributed by atoms with E-state index in [1.165, 1.54) is 5.56 Å². The van der Waals surface area contributed by atoms with Crippen molar-refractivity contribution in [1.82, 2.24) is 14.9 Å². The average Bonchev–Trinajstić information content (AvgIpc) is 2.32. The molecule has 4 heteroatoms. The number of rotatable bonds is 7. The summed E-state index contributed by atoms with van der Waals surface area (Å²) >= 11 is 0. The monoisotopic (exact) mass is 250 g/mol. The van der Waals surface area contributed by atoms with Crippen LogP contribution >= 0.6 is 0 Å². The van der Waals surface area contributed by atoms with Gasteiger partial charge in [0.25, 0.3) is 0 Å². The van der Waals surface area contributed by atoms with Gasteiger partial charge >= 0.3 is 0 Å². The molecule has 0 fully saturated rings. The van der Waals surface area contributed by atoms with Crippen molar-refractivity contribution >= 4 is 5.82 Å². The lowest BCUT2D eigenvalue weighted by Gasteiger charge is -2.20. The molecule has 1 atom stereocenters. The summed E-state index contributed by atoms with van der Waals surface area (Å²) < 4.78 is 0. The third-order valence-electron chi connectivity index (χ3n) is 3.24. The van der Waals surface area contributed by atoms with Gasteiger partial charge in [0.1, 0.15) is 11.6 Å². The molecule has 0 spiro atoms. The van der Waals surface area contributed by atoms with Crippen molar-refractivity contribution in [3.8, 4) is 0 Å². The van der Waals surface area contributed by atoms with E-state index in [1.54, 1.807) is 0 Å². The number of hydrogen-bond donors (Lipinski definition) is 1. The summed E-state index contributed by atoms with van der Waals surface area (Å²) in [6.45, 7) is 7.30. The normalized spacial score (nSPS) is 12.8. The van der Waals surface area contributed by atoms with Crippen LogP contribution in [-0.2, 0) is 6.42 Å². The van der Waals surface area contributed by atoms with Crippen molar-refractivity contribution in [1.29, 1.82) is 0 Å². The maximum absolute atomic E-state index is 4.50. The lowest BCUT2D eigenvalue weighted by molar-refractivity contribution is 0.304. The number of aryl methyl sites for hydroxylation is 2. The van der Waals surface area contributed by atoms with Crippen molar-refractivity contribution in [2.75, 3.05) is 26.0 Å². The lowest BCUT2D eigenvalue weighted by Crippen LogP contribution is -2.27. The van der Waals surface area contributed by atoms with Crippen LogP contribution in [0.2, 0.25) is 0 Å². The minimum atomic E-state index is 0.579. The van der Waals surface area contributed by atoms with Crippen LogP contribution in [0.1, 0.15) is 38.1 Å². The minimum Gasteiger partial charge on any atom is -0.370 e. The predicted octanol–water partition coefficient (Wildman–Crippen LogP) is 2.49.